The number of benzene rings is 1. The second kappa shape index (κ2) is 6.86. The maximum atomic E-state index is 12.8. The molecule has 1 aromatic carbocycles. The predicted molar refractivity (Wildman–Crippen MR) is 104 cm³/mol. The summed E-state index contributed by atoms with van der Waals surface area (Å²) in [5, 5.41) is 5.60. The molecule has 2 amide bonds. The Morgan fingerprint density at radius 1 is 1.22 bits per heavy atom. The van der Waals surface area contributed by atoms with Crippen LogP contribution in [-0.4, -0.2) is 34.9 Å². The molecule has 1 atom stereocenters. The summed E-state index contributed by atoms with van der Waals surface area (Å²) in [6, 6.07) is 7.48. The van der Waals surface area contributed by atoms with Crippen molar-refractivity contribution in [3.63, 3.8) is 0 Å². The molecule has 2 aliphatic heterocycles. The molecule has 0 bridgehead atoms. The predicted octanol–water partition coefficient (Wildman–Crippen LogP) is 2.03. The van der Waals surface area contributed by atoms with E-state index in [0.29, 0.717) is 23.0 Å². The molecule has 0 spiro atoms. The van der Waals surface area contributed by atoms with Gasteiger partial charge in [-0.2, -0.15) is 9.97 Å². The molecular weight excluding hydrogens is 344 g/mol. The number of hydrogen-bond donors (Lipinski definition) is 3. The monoisotopic (exact) mass is 366 g/mol. The minimum absolute atomic E-state index is 0.0152. The van der Waals surface area contributed by atoms with Gasteiger partial charge >= 0.3 is 0 Å². The van der Waals surface area contributed by atoms with E-state index in [0.717, 1.165) is 31.5 Å². The standard InChI is InChI=1S/C19H22N6O2/c1-11-4-6-12(7-5-11)21-18(27)13-10-14(26)22-17-15(13)16(20)23-19(24-17)25-8-2-3-9-25/h4-7,13H,2-3,8-10H2,1H3,(H,21,27)(H3,20,22,23,24,26). The van der Waals surface area contributed by atoms with E-state index < -0.39 is 5.92 Å². The average molecular weight is 366 g/mol. The van der Waals surface area contributed by atoms with Crippen molar-refractivity contribution in [2.24, 2.45) is 0 Å². The van der Waals surface area contributed by atoms with E-state index >= 15 is 0 Å². The average Bonchev–Trinajstić information content (AvgIpc) is 3.17. The third kappa shape index (κ3) is 3.42. The topological polar surface area (TPSA) is 113 Å². The molecule has 2 aliphatic rings. The van der Waals surface area contributed by atoms with Gasteiger partial charge in [0.05, 0.1) is 11.5 Å². The van der Waals surface area contributed by atoms with Crippen LogP contribution in [-0.2, 0) is 9.59 Å². The largest absolute Gasteiger partial charge is 0.383 e. The number of nitrogens with two attached hydrogens (primary N) is 1. The third-order valence-electron chi connectivity index (χ3n) is 4.98. The van der Waals surface area contributed by atoms with Gasteiger partial charge in [-0.05, 0) is 31.9 Å². The van der Waals surface area contributed by atoms with Crippen LogP contribution in [0.5, 0.6) is 0 Å². The molecule has 3 heterocycles. The van der Waals surface area contributed by atoms with Crippen LogP contribution in [0.25, 0.3) is 0 Å². The highest BCUT2D eigenvalue weighted by Crippen LogP contribution is 2.36. The van der Waals surface area contributed by atoms with Gasteiger partial charge < -0.3 is 21.3 Å². The van der Waals surface area contributed by atoms with Gasteiger partial charge in [0.25, 0.3) is 0 Å². The van der Waals surface area contributed by atoms with E-state index in [-0.39, 0.29) is 24.1 Å². The minimum atomic E-state index is -0.720. The number of aryl methyl sites for hydroxylation is 1. The summed E-state index contributed by atoms with van der Waals surface area (Å²) in [7, 11) is 0. The molecule has 4 N–H and O–H groups in total. The van der Waals surface area contributed by atoms with Gasteiger partial charge in [0.1, 0.15) is 11.6 Å². The maximum Gasteiger partial charge on any atom is 0.232 e. The highest BCUT2D eigenvalue weighted by Gasteiger charge is 2.35. The first-order valence-corrected chi connectivity index (χ1v) is 9.11. The molecule has 1 aromatic heterocycles. The summed E-state index contributed by atoms with van der Waals surface area (Å²) in [6.07, 6.45) is 2.17. The van der Waals surface area contributed by atoms with E-state index in [4.69, 9.17) is 5.73 Å². The zero-order valence-electron chi connectivity index (χ0n) is 15.2. The fraction of sp³-hybridized carbons (Fsp3) is 0.368. The second-order valence-electron chi connectivity index (χ2n) is 7.03. The van der Waals surface area contributed by atoms with Crippen molar-refractivity contribution in [2.45, 2.75) is 32.1 Å². The number of carbonyl (C=O) groups excluding carboxylic acids is 2. The van der Waals surface area contributed by atoms with Crippen molar-refractivity contribution in [3.05, 3.63) is 35.4 Å². The molecule has 140 valence electrons. The molecule has 4 rings (SSSR count). The SMILES string of the molecule is Cc1ccc(NC(=O)C2CC(=O)Nc3nc(N4CCCC4)nc(N)c32)cc1. The lowest BCUT2D eigenvalue weighted by Crippen LogP contribution is -2.33. The summed E-state index contributed by atoms with van der Waals surface area (Å²) in [5.74, 6) is -0.182. The summed E-state index contributed by atoms with van der Waals surface area (Å²) >= 11 is 0. The van der Waals surface area contributed by atoms with E-state index in [1.165, 1.54) is 0 Å². The molecule has 1 fully saturated rings. The number of aromatic nitrogens is 2. The van der Waals surface area contributed by atoms with Crippen molar-refractivity contribution in [1.29, 1.82) is 0 Å². The summed E-state index contributed by atoms with van der Waals surface area (Å²) in [4.78, 5) is 35.9. The van der Waals surface area contributed by atoms with Crippen LogP contribution in [0.1, 0.15) is 36.3 Å². The van der Waals surface area contributed by atoms with Gasteiger partial charge in [-0.1, -0.05) is 17.7 Å². The number of fused-ring (bicyclic) bond motifs is 1. The Labute approximate surface area is 157 Å². The molecule has 27 heavy (non-hydrogen) atoms. The number of hydrogen-bond acceptors (Lipinski definition) is 6. The van der Waals surface area contributed by atoms with Crippen LogP contribution in [0.3, 0.4) is 0 Å². The van der Waals surface area contributed by atoms with E-state index in [1.54, 1.807) is 0 Å². The Morgan fingerprint density at radius 2 is 1.93 bits per heavy atom. The number of nitrogens with one attached hydrogen (secondary N) is 2. The number of nitrogen functional groups attached to an aromatic ring is 1. The molecular formula is C19H22N6O2. The number of nitrogens with zero attached hydrogens (tertiary/aromatic N) is 3. The summed E-state index contributed by atoms with van der Waals surface area (Å²) in [6.45, 7) is 3.70. The van der Waals surface area contributed by atoms with Crippen LogP contribution in [0.2, 0.25) is 0 Å². The van der Waals surface area contributed by atoms with Gasteiger partial charge in [-0.3, -0.25) is 9.59 Å². The van der Waals surface area contributed by atoms with Crippen LogP contribution in [0, 0.1) is 6.92 Å². The first-order chi connectivity index (χ1) is 13.0. The second-order valence-corrected chi connectivity index (χ2v) is 7.03. The van der Waals surface area contributed by atoms with Crippen molar-refractivity contribution >= 4 is 35.1 Å². The van der Waals surface area contributed by atoms with Gasteiger partial charge in [-0.25, -0.2) is 0 Å². The Bertz CT molecular complexity index is 890. The zero-order valence-corrected chi connectivity index (χ0v) is 15.2. The zero-order chi connectivity index (χ0) is 19.0. The molecule has 0 saturated carbocycles. The normalized spacial score (nSPS) is 18.8. The first-order valence-electron chi connectivity index (χ1n) is 9.11. The van der Waals surface area contributed by atoms with Gasteiger partial charge in [0, 0.05) is 25.2 Å². The molecule has 2 aromatic rings. The van der Waals surface area contributed by atoms with E-state index in [1.807, 2.05) is 36.1 Å². The number of amides is 2. The Kier molecular flexibility index (Phi) is 4.39. The Hall–Kier alpha value is -3.16. The number of anilines is 4. The van der Waals surface area contributed by atoms with Crippen LogP contribution in [0.4, 0.5) is 23.3 Å². The Balaban J connectivity index is 1.64. The van der Waals surface area contributed by atoms with E-state index in [2.05, 4.69) is 20.6 Å². The lowest BCUT2D eigenvalue weighted by molar-refractivity contribution is -0.123. The van der Waals surface area contributed by atoms with Crippen LogP contribution < -0.4 is 21.3 Å². The lowest BCUT2D eigenvalue weighted by Gasteiger charge is -2.26. The van der Waals surface area contributed by atoms with Crippen molar-refractivity contribution in [1.82, 2.24) is 9.97 Å². The molecule has 0 radical (unpaired) electrons. The molecule has 8 heteroatoms. The summed E-state index contributed by atoms with van der Waals surface area (Å²) < 4.78 is 0. The minimum Gasteiger partial charge on any atom is -0.383 e. The van der Waals surface area contributed by atoms with Gasteiger partial charge in [-0.15, -0.1) is 0 Å². The maximum absolute atomic E-state index is 12.8. The van der Waals surface area contributed by atoms with Gasteiger partial charge in [0.15, 0.2) is 0 Å². The molecule has 1 unspecified atom stereocenters. The highest BCUT2D eigenvalue weighted by atomic mass is 16.2. The van der Waals surface area contributed by atoms with Gasteiger partial charge in [0.2, 0.25) is 17.8 Å². The molecule has 1 saturated heterocycles. The van der Waals surface area contributed by atoms with E-state index in [9.17, 15) is 9.59 Å². The highest BCUT2D eigenvalue weighted by molar-refractivity contribution is 6.05. The molecule has 8 nitrogen and oxygen atoms in total. The van der Waals surface area contributed by atoms with Crippen LogP contribution in [0.15, 0.2) is 24.3 Å². The molecule has 0 aliphatic carbocycles. The fourth-order valence-electron chi connectivity index (χ4n) is 3.53. The fourth-order valence-corrected chi connectivity index (χ4v) is 3.53. The number of rotatable bonds is 3. The number of carbonyl (C=O) groups is 2. The summed E-state index contributed by atoms with van der Waals surface area (Å²) in [5.41, 5.74) is 8.45. The van der Waals surface area contributed by atoms with Crippen molar-refractivity contribution in [2.75, 3.05) is 34.4 Å². The third-order valence-corrected chi connectivity index (χ3v) is 4.98. The van der Waals surface area contributed by atoms with Crippen molar-refractivity contribution < 1.29 is 9.59 Å². The Morgan fingerprint density at radius 3 is 2.63 bits per heavy atom. The van der Waals surface area contributed by atoms with Crippen LogP contribution >= 0.6 is 0 Å². The van der Waals surface area contributed by atoms with Crippen molar-refractivity contribution in [3.8, 4) is 0 Å². The lowest BCUT2D eigenvalue weighted by atomic mass is 9.92. The smallest absolute Gasteiger partial charge is 0.232 e. The first kappa shape index (κ1) is 17.3. The quantitative estimate of drug-likeness (QED) is 0.766.